The van der Waals surface area contributed by atoms with E-state index >= 15 is 0 Å². The Kier molecular flexibility index (Phi) is 4.73. The molecule has 0 heterocycles. The van der Waals surface area contributed by atoms with Crippen LogP contribution in [0.15, 0.2) is 23.1 Å². The van der Waals surface area contributed by atoms with Crippen LogP contribution in [0.3, 0.4) is 0 Å². The lowest BCUT2D eigenvalue weighted by molar-refractivity contribution is -0.117. The van der Waals surface area contributed by atoms with Gasteiger partial charge < -0.3 is 4.79 Å². The van der Waals surface area contributed by atoms with Crippen LogP contribution in [-0.2, 0) is 15.6 Å². The molecule has 5 heteroatoms. The number of rotatable bonds is 5. The van der Waals surface area contributed by atoms with Crippen LogP contribution in [0.5, 0.6) is 0 Å². The first kappa shape index (κ1) is 13.0. The van der Waals surface area contributed by atoms with E-state index < -0.39 is 22.4 Å². The molecule has 0 aliphatic rings. The van der Waals surface area contributed by atoms with Gasteiger partial charge in [0.2, 0.25) is 0 Å². The monoisotopic (exact) mass is 246 g/mol. The zero-order valence-corrected chi connectivity index (χ0v) is 9.65. The molecule has 0 aliphatic carbocycles. The van der Waals surface area contributed by atoms with Crippen LogP contribution in [-0.4, -0.2) is 15.7 Å². The topological polar surface area (TPSA) is 34.1 Å². The highest BCUT2D eigenvalue weighted by Gasteiger charge is 2.11. The van der Waals surface area contributed by atoms with E-state index in [1.165, 1.54) is 6.92 Å². The maximum Gasteiger partial charge on any atom is 0.139 e. The van der Waals surface area contributed by atoms with Gasteiger partial charge in [-0.15, -0.1) is 0 Å². The van der Waals surface area contributed by atoms with Crippen molar-refractivity contribution in [3.63, 3.8) is 0 Å². The lowest BCUT2D eigenvalue weighted by Gasteiger charge is -2.03. The summed E-state index contributed by atoms with van der Waals surface area (Å²) in [4.78, 5) is 10.5. The Labute approximate surface area is 95.1 Å². The minimum absolute atomic E-state index is 0.00304. The van der Waals surface area contributed by atoms with Gasteiger partial charge in [-0.3, -0.25) is 4.21 Å². The summed E-state index contributed by atoms with van der Waals surface area (Å²) < 4.78 is 37.6. The van der Waals surface area contributed by atoms with E-state index in [0.717, 1.165) is 18.2 Å². The van der Waals surface area contributed by atoms with Gasteiger partial charge in [0.25, 0.3) is 0 Å². The molecule has 0 amide bonds. The van der Waals surface area contributed by atoms with Gasteiger partial charge in [-0.1, -0.05) is 0 Å². The number of halogens is 2. The third kappa shape index (κ3) is 3.81. The van der Waals surface area contributed by atoms with Crippen molar-refractivity contribution >= 4 is 16.6 Å². The number of hydrogen-bond acceptors (Lipinski definition) is 2. The van der Waals surface area contributed by atoms with Crippen molar-refractivity contribution in [2.45, 2.75) is 24.7 Å². The van der Waals surface area contributed by atoms with Crippen LogP contribution in [0.4, 0.5) is 8.78 Å². The summed E-state index contributed by atoms with van der Waals surface area (Å²) in [5.74, 6) is -1.13. The molecule has 0 spiro atoms. The second-order valence-electron chi connectivity index (χ2n) is 3.43. The first-order valence-corrected chi connectivity index (χ1v) is 6.15. The Morgan fingerprint density at radius 1 is 1.38 bits per heavy atom. The SMILES string of the molecule is CC(=O)CCCS(=O)c1cc(F)ccc1F. The Balaban J connectivity index is 2.65. The fraction of sp³-hybridized carbons (Fsp3) is 0.364. The average molecular weight is 246 g/mol. The van der Waals surface area contributed by atoms with E-state index in [4.69, 9.17) is 0 Å². The summed E-state index contributed by atoms with van der Waals surface area (Å²) in [5.41, 5.74) is 0. The fourth-order valence-corrected chi connectivity index (χ4v) is 2.37. The van der Waals surface area contributed by atoms with E-state index in [9.17, 15) is 17.8 Å². The Morgan fingerprint density at radius 2 is 2.06 bits per heavy atom. The molecular weight excluding hydrogens is 234 g/mol. The smallest absolute Gasteiger partial charge is 0.139 e. The van der Waals surface area contributed by atoms with Gasteiger partial charge >= 0.3 is 0 Å². The fourth-order valence-electron chi connectivity index (χ4n) is 1.21. The number of ketones is 1. The van der Waals surface area contributed by atoms with Crippen molar-refractivity contribution in [1.29, 1.82) is 0 Å². The lowest BCUT2D eigenvalue weighted by atomic mass is 10.3. The van der Waals surface area contributed by atoms with E-state index in [1.54, 1.807) is 0 Å². The molecule has 0 saturated carbocycles. The van der Waals surface area contributed by atoms with Crippen LogP contribution in [0.1, 0.15) is 19.8 Å². The first-order valence-electron chi connectivity index (χ1n) is 4.83. The van der Waals surface area contributed by atoms with Crippen LogP contribution in [0, 0.1) is 11.6 Å². The molecule has 1 atom stereocenters. The number of hydrogen-bond donors (Lipinski definition) is 0. The van der Waals surface area contributed by atoms with E-state index in [-0.39, 0.29) is 16.4 Å². The third-order valence-corrected chi connectivity index (χ3v) is 3.46. The average Bonchev–Trinajstić information content (AvgIpc) is 2.21. The number of carbonyl (C=O) groups excluding carboxylic acids is 1. The summed E-state index contributed by atoms with van der Waals surface area (Å²) in [6.07, 6.45) is 0.723. The highest BCUT2D eigenvalue weighted by molar-refractivity contribution is 7.85. The molecule has 0 aromatic heterocycles. The van der Waals surface area contributed by atoms with Gasteiger partial charge in [-0.2, -0.15) is 0 Å². The second kappa shape index (κ2) is 5.84. The van der Waals surface area contributed by atoms with E-state index in [2.05, 4.69) is 0 Å². The minimum Gasteiger partial charge on any atom is -0.300 e. The summed E-state index contributed by atoms with van der Waals surface area (Å²) in [7, 11) is -1.59. The van der Waals surface area contributed by atoms with Crippen LogP contribution in [0.2, 0.25) is 0 Å². The molecule has 1 rings (SSSR count). The number of carbonyl (C=O) groups is 1. The molecule has 0 aliphatic heterocycles. The van der Waals surface area contributed by atoms with Crippen LogP contribution < -0.4 is 0 Å². The van der Waals surface area contributed by atoms with Crippen molar-refractivity contribution in [3.8, 4) is 0 Å². The molecule has 0 saturated heterocycles. The Morgan fingerprint density at radius 3 is 2.69 bits per heavy atom. The van der Waals surface area contributed by atoms with Crippen LogP contribution in [0.25, 0.3) is 0 Å². The largest absolute Gasteiger partial charge is 0.300 e. The normalized spacial score (nSPS) is 12.4. The standard InChI is InChI=1S/C11H12F2O2S/c1-8(14)3-2-6-16(15)11-7-9(12)4-5-10(11)13/h4-5,7H,2-3,6H2,1H3. The van der Waals surface area contributed by atoms with E-state index in [1.807, 2.05) is 0 Å². The predicted molar refractivity (Wildman–Crippen MR) is 57.5 cm³/mol. The van der Waals surface area contributed by atoms with Crippen LogP contribution >= 0.6 is 0 Å². The minimum atomic E-state index is -1.59. The van der Waals surface area contributed by atoms with E-state index in [0.29, 0.717) is 12.8 Å². The Hall–Kier alpha value is -1.10. The first-order chi connectivity index (χ1) is 7.50. The second-order valence-corrected chi connectivity index (χ2v) is 4.97. The molecule has 0 bridgehead atoms. The van der Waals surface area contributed by atoms with Gasteiger partial charge in [-0.25, -0.2) is 8.78 Å². The Bertz CT molecular complexity index is 418. The maximum absolute atomic E-state index is 13.2. The van der Waals surface area contributed by atoms with Gasteiger partial charge in [0.1, 0.15) is 17.4 Å². The summed E-state index contributed by atoms with van der Waals surface area (Å²) in [5, 5.41) is 0. The predicted octanol–water partition coefficient (Wildman–Crippen LogP) is 2.44. The molecule has 1 unspecified atom stereocenters. The van der Waals surface area contributed by atoms with Gasteiger partial charge in [0.15, 0.2) is 0 Å². The zero-order chi connectivity index (χ0) is 12.1. The molecule has 1 aromatic rings. The summed E-state index contributed by atoms with van der Waals surface area (Å²) >= 11 is 0. The highest BCUT2D eigenvalue weighted by atomic mass is 32.2. The molecule has 16 heavy (non-hydrogen) atoms. The molecular formula is C11H12F2O2S. The molecule has 0 fully saturated rings. The third-order valence-electron chi connectivity index (χ3n) is 2.00. The van der Waals surface area contributed by atoms with Crippen molar-refractivity contribution < 1.29 is 17.8 Å². The summed E-state index contributed by atoms with van der Waals surface area (Å²) in [6.45, 7) is 1.44. The molecule has 1 aromatic carbocycles. The zero-order valence-electron chi connectivity index (χ0n) is 8.83. The quantitative estimate of drug-likeness (QED) is 0.799. The van der Waals surface area contributed by atoms with Gasteiger partial charge in [0, 0.05) is 12.2 Å². The van der Waals surface area contributed by atoms with Crippen molar-refractivity contribution in [2.24, 2.45) is 0 Å². The van der Waals surface area contributed by atoms with Crippen molar-refractivity contribution in [1.82, 2.24) is 0 Å². The van der Waals surface area contributed by atoms with Crippen molar-refractivity contribution in [2.75, 3.05) is 5.75 Å². The lowest BCUT2D eigenvalue weighted by Crippen LogP contribution is -2.03. The summed E-state index contributed by atoms with van der Waals surface area (Å²) in [6, 6.07) is 2.86. The molecule has 2 nitrogen and oxygen atoms in total. The number of benzene rings is 1. The van der Waals surface area contributed by atoms with Gasteiger partial charge in [-0.05, 0) is 31.5 Å². The maximum atomic E-state index is 13.2. The number of Topliss-reactive ketones (excluding diaryl/α,β-unsaturated/α-hetero) is 1. The molecule has 88 valence electrons. The molecule has 0 radical (unpaired) electrons. The van der Waals surface area contributed by atoms with Crippen molar-refractivity contribution in [3.05, 3.63) is 29.8 Å². The highest BCUT2D eigenvalue weighted by Crippen LogP contribution is 2.15. The van der Waals surface area contributed by atoms with Gasteiger partial charge in [0.05, 0.1) is 15.7 Å². The molecule has 0 N–H and O–H groups in total.